The zero-order chi connectivity index (χ0) is 21.5. The van der Waals surface area contributed by atoms with Gasteiger partial charge in [-0.15, -0.1) is 11.3 Å². The molecule has 0 saturated carbocycles. The summed E-state index contributed by atoms with van der Waals surface area (Å²) in [7, 11) is 0. The largest absolute Gasteiger partial charge is 0.382 e. The predicted octanol–water partition coefficient (Wildman–Crippen LogP) is 3.89. The summed E-state index contributed by atoms with van der Waals surface area (Å²) in [6.45, 7) is 2.82. The smallest absolute Gasteiger partial charge is 0.261 e. The normalized spacial score (nSPS) is 11.4. The predicted molar refractivity (Wildman–Crippen MR) is 122 cm³/mol. The SMILES string of the molecule is Cc1ccsc1C(=O)NCc1cc2cc(Cl)cc(Cn3cnc4c(N)ncnc43)c2[nH]1. The number of hydrogen-bond donors (Lipinski definition) is 3. The van der Waals surface area contributed by atoms with Gasteiger partial charge in [-0.25, -0.2) is 15.0 Å². The number of imidazole rings is 1. The molecule has 156 valence electrons. The van der Waals surface area contributed by atoms with Crippen molar-refractivity contribution < 1.29 is 4.79 Å². The van der Waals surface area contributed by atoms with Crippen LogP contribution in [0.5, 0.6) is 0 Å². The second-order valence-corrected chi connectivity index (χ2v) is 8.60. The molecule has 4 heterocycles. The summed E-state index contributed by atoms with van der Waals surface area (Å²) < 4.78 is 1.90. The highest BCUT2D eigenvalue weighted by Crippen LogP contribution is 2.27. The Kier molecular flexibility index (Phi) is 4.84. The van der Waals surface area contributed by atoms with Gasteiger partial charge in [0.25, 0.3) is 5.91 Å². The number of aromatic nitrogens is 5. The minimum absolute atomic E-state index is 0.0773. The summed E-state index contributed by atoms with van der Waals surface area (Å²) >= 11 is 7.81. The number of fused-ring (bicyclic) bond motifs is 2. The molecule has 10 heteroatoms. The van der Waals surface area contributed by atoms with Gasteiger partial charge in [0.05, 0.1) is 29.8 Å². The van der Waals surface area contributed by atoms with E-state index in [0.717, 1.165) is 32.6 Å². The Morgan fingerprint density at radius 1 is 1.29 bits per heavy atom. The standard InChI is InChI=1S/C21H18ClN7OS/c1-11-2-3-31-18(11)21(30)24-7-15-6-12-4-14(22)5-13(16(12)28-15)8-29-10-27-17-19(23)25-9-26-20(17)29/h2-6,9-10,28H,7-8H2,1H3,(H,24,30)(H2,23,25,26). The Morgan fingerprint density at radius 2 is 2.16 bits per heavy atom. The monoisotopic (exact) mass is 451 g/mol. The molecule has 0 aliphatic heterocycles. The molecule has 0 spiro atoms. The quantitative estimate of drug-likeness (QED) is 0.375. The van der Waals surface area contributed by atoms with E-state index in [1.807, 2.05) is 41.1 Å². The van der Waals surface area contributed by atoms with Gasteiger partial charge in [0, 0.05) is 16.1 Å². The van der Waals surface area contributed by atoms with E-state index in [9.17, 15) is 4.79 Å². The highest BCUT2D eigenvalue weighted by Gasteiger charge is 2.14. The van der Waals surface area contributed by atoms with Gasteiger partial charge < -0.3 is 20.6 Å². The topological polar surface area (TPSA) is 115 Å². The van der Waals surface area contributed by atoms with Crippen LogP contribution in [0.1, 0.15) is 26.5 Å². The van der Waals surface area contributed by atoms with E-state index in [4.69, 9.17) is 17.3 Å². The van der Waals surface area contributed by atoms with Gasteiger partial charge in [-0.05, 0) is 47.7 Å². The van der Waals surface area contributed by atoms with Crippen molar-refractivity contribution in [3.8, 4) is 0 Å². The van der Waals surface area contributed by atoms with Gasteiger partial charge in [-0.3, -0.25) is 4.79 Å². The molecule has 5 aromatic rings. The molecule has 8 nitrogen and oxygen atoms in total. The molecule has 0 fully saturated rings. The van der Waals surface area contributed by atoms with E-state index < -0.39 is 0 Å². The number of benzene rings is 1. The molecule has 0 aliphatic rings. The molecule has 0 unspecified atom stereocenters. The fourth-order valence-electron chi connectivity index (χ4n) is 3.62. The van der Waals surface area contributed by atoms with Gasteiger partial charge in [0.15, 0.2) is 11.5 Å². The maximum atomic E-state index is 12.4. The second kappa shape index (κ2) is 7.68. The van der Waals surface area contributed by atoms with Crippen LogP contribution in [0.3, 0.4) is 0 Å². The lowest BCUT2D eigenvalue weighted by Gasteiger charge is -2.07. The van der Waals surface area contributed by atoms with Crippen molar-refractivity contribution in [2.75, 3.05) is 5.73 Å². The molecule has 31 heavy (non-hydrogen) atoms. The lowest BCUT2D eigenvalue weighted by molar-refractivity contribution is 0.0954. The van der Waals surface area contributed by atoms with Crippen LogP contribution >= 0.6 is 22.9 Å². The van der Waals surface area contributed by atoms with Crippen LogP contribution in [0.15, 0.2) is 42.3 Å². The average molecular weight is 452 g/mol. The number of nitrogens with one attached hydrogen (secondary N) is 2. The number of rotatable bonds is 5. The van der Waals surface area contributed by atoms with E-state index in [-0.39, 0.29) is 5.91 Å². The van der Waals surface area contributed by atoms with E-state index in [0.29, 0.717) is 35.1 Å². The van der Waals surface area contributed by atoms with Crippen molar-refractivity contribution in [1.82, 2.24) is 29.8 Å². The molecule has 4 N–H and O–H groups in total. The first-order valence-corrected chi connectivity index (χ1v) is 10.8. The number of carbonyl (C=O) groups is 1. The first-order chi connectivity index (χ1) is 15.0. The number of aryl methyl sites for hydroxylation is 1. The summed E-state index contributed by atoms with van der Waals surface area (Å²) in [5, 5.41) is 6.49. The van der Waals surface area contributed by atoms with Gasteiger partial charge in [0.1, 0.15) is 11.8 Å². The fraction of sp³-hybridized carbons (Fsp3) is 0.143. The van der Waals surface area contributed by atoms with Crippen LogP contribution in [-0.2, 0) is 13.1 Å². The number of aromatic amines is 1. The number of H-pyrrole nitrogens is 1. The molecule has 1 aromatic carbocycles. The first kappa shape index (κ1) is 19.5. The number of amides is 1. The molecule has 0 radical (unpaired) electrons. The summed E-state index contributed by atoms with van der Waals surface area (Å²) in [4.78, 5) is 29.2. The third-order valence-electron chi connectivity index (χ3n) is 5.11. The first-order valence-electron chi connectivity index (χ1n) is 9.53. The summed E-state index contributed by atoms with van der Waals surface area (Å²) in [6.07, 6.45) is 3.12. The molecule has 0 atom stereocenters. The molecular weight excluding hydrogens is 434 g/mol. The highest BCUT2D eigenvalue weighted by atomic mass is 35.5. The molecule has 5 rings (SSSR count). The van der Waals surface area contributed by atoms with E-state index in [1.165, 1.54) is 17.7 Å². The average Bonchev–Trinajstić information content (AvgIpc) is 3.45. The molecule has 0 bridgehead atoms. The van der Waals surface area contributed by atoms with Gasteiger partial charge in [0.2, 0.25) is 0 Å². The summed E-state index contributed by atoms with van der Waals surface area (Å²) in [5.74, 6) is 0.269. The third-order valence-corrected chi connectivity index (χ3v) is 6.34. The third kappa shape index (κ3) is 3.62. The van der Waals surface area contributed by atoms with Crippen LogP contribution in [0.4, 0.5) is 5.82 Å². The summed E-state index contributed by atoms with van der Waals surface area (Å²) in [5.41, 5.74) is 10.9. The van der Waals surface area contributed by atoms with Crippen molar-refractivity contribution in [3.05, 3.63) is 69.0 Å². The van der Waals surface area contributed by atoms with Crippen molar-refractivity contribution in [2.24, 2.45) is 0 Å². The van der Waals surface area contributed by atoms with E-state index in [2.05, 4.69) is 25.3 Å². The molecule has 0 aliphatic carbocycles. The number of nitrogen functional groups attached to an aromatic ring is 1. The van der Waals surface area contributed by atoms with Crippen LogP contribution in [-0.4, -0.2) is 30.4 Å². The van der Waals surface area contributed by atoms with Crippen molar-refractivity contribution >= 4 is 56.7 Å². The van der Waals surface area contributed by atoms with Gasteiger partial charge in [-0.2, -0.15) is 0 Å². The minimum atomic E-state index is -0.0773. The fourth-order valence-corrected chi connectivity index (χ4v) is 4.71. The maximum absolute atomic E-state index is 12.4. The number of hydrogen-bond acceptors (Lipinski definition) is 6. The van der Waals surface area contributed by atoms with Crippen molar-refractivity contribution in [2.45, 2.75) is 20.0 Å². The van der Waals surface area contributed by atoms with Crippen LogP contribution in [0, 0.1) is 6.92 Å². The van der Waals surface area contributed by atoms with Gasteiger partial charge in [-0.1, -0.05) is 11.6 Å². The highest BCUT2D eigenvalue weighted by molar-refractivity contribution is 7.12. The number of carbonyl (C=O) groups excluding carboxylic acids is 1. The number of nitrogens with zero attached hydrogens (tertiary/aromatic N) is 4. The van der Waals surface area contributed by atoms with E-state index in [1.54, 1.807) is 6.33 Å². The Morgan fingerprint density at radius 3 is 2.97 bits per heavy atom. The van der Waals surface area contributed by atoms with Crippen LogP contribution in [0.25, 0.3) is 22.1 Å². The van der Waals surface area contributed by atoms with Crippen LogP contribution in [0.2, 0.25) is 5.02 Å². The zero-order valence-electron chi connectivity index (χ0n) is 16.5. The number of nitrogens with two attached hydrogens (primary N) is 1. The lowest BCUT2D eigenvalue weighted by atomic mass is 10.1. The second-order valence-electron chi connectivity index (χ2n) is 7.24. The molecule has 4 aromatic heterocycles. The Bertz CT molecular complexity index is 1430. The Balaban J connectivity index is 1.44. The van der Waals surface area contributed by atoms with Crippen LogP contribution < -0.4 is 11.1 Å². The Hall–Kier alpha value is -3.43. The molecule has 0 saturated heterocycles. The number of anilines is 1. The van der Waals surface area contributed by atoms with Crippen molar-refractivity contribution in [1.29, 1.82) is 0 Å². The molecule has 1 amide bonds. The van der Waals surface area contributed by atoms with Crippen molar-refractivity contribution in [3.63, 3.8) is 0 Å². The number of halogens is 1. The zero-order valence-corrected chi connectivity index (χ0v) is 18.1. The molecular formula is C21H18ClN7OS. The maximum Gasteiger partial charge on any atom is 0.261 e. The number of thiophene rings is 1. The van der Waals surface area contributed by atoms with Gasteiger partial charge >= 0.3 is 0 Å². The summed E-state index contributed by atoms with van der Waals surface area (Å²) in [6, 6.07) is 7.75. The van der Waals surface area contributed by atoms with E-state index >= 15 is 0 Å². The Labute approximate surface area is 186 Å². The lowest BCUT2D eigenvalue weighted by Crippen LogP contribution is -2.22. The minimum Gasteiger partial charge on any atom is -0.382 e.